The van der Waals surface area contributed by atoms with Crippen molar-refractivity contribution in [2.75, 3.05) is 5.73 Å². The van der Waals surface area contributed by atoms with Crippen molar-refractivity contribution in [1.29, 1.82) is 0 Å². The maximum Gasteiger partial charge on any atom is 0.161 e. The molecule has 1 nitrogen and oxygen atoms in total. The van der Waals surface area contributed by atoms with Gasteiger partial charge in [-0.3, -0.25) is 0 Å². The van der Waals surface area contributed by atoms with Gasteiger partial charge in [-0.2, -0.15) is 0 Å². The highest BCUT2D eigenvalue weighted by atomic mass is 127. The third-order valence-electron chi connectivity index (χ3n) is 2.41. The SMILES string of the molecule is Nc1c(F)c(Br)c2c(c1I)CCC2. The van der Waals surface area contributed by atoms with Gasteiger partial charge < -0.3 is 5.73 Å². The highest BCUT2D eigenvalue weighted by Crippen LogP contribution is 2.38. The zero-order chi connectivity index (χ0) is 9.59. The van der Waals surface area contributed by atoms with E-state index in [0.717, 1.165) is 28.4 Å². The van der Waals surface area contributed by atoms with Gasteiger partial charge in [-0.1, -0.05) is 0 Å². The number of fused-ring (bicyclic) bond motifs is 1. The van der Waals surface area contributed by atoms with Crippen LogP contribution in [0.25, 0.3) is 0 Å². The van der Waals surface area contributed by atoms with Crippen LogP contribution in [0.3, 0.4) is 0 Å². The smallest absolute Gasteiger partial charge is 0.161 e. The van der Waals surface area contributed by atoms with Gasteiger partial charge >= 0.3 is 0 Å². The van der Waals surface area contributed by atoms with E-state index in [-0.39, 0.29) is 11.5 Å². The van der Waals surface area contributed by atoms with E-state index < -0.39 is 0 Å². The molecular formula is C9H8BrFIN. The van der Waals surface area contributed by atoms with Gasteiger partial charge in [0.1, 0.15) is 0 Å². The monoisotopic (exact) mass is 355 g/mol. The summed E-state index contributed by atoms with van der Waals surface area (Å²) in [6.07, 6.45) is 3.09. The highest BCUT2D eigenvalue weighted by molar-refractivity contribution is 14.1. The Morgan fingerprint density at radius 3 is 2.62 bits per heavy atom. The van der Waals surface area contributed by atoms with Crippen molar-refractivity contribution >= 4 is 44.2 Å². The lowest BCUT2D eigenvalue weighted by molar-refractivity contribution is 0.622. The van der Waals surface area contributed by atoms with Gasteiger partial charge in [-0.25, -0.2) is 4.39 Å². The second kappa shape index (κ2) is 3.38. The van der Waals surface area contributed by atoms with Crippen molar-refractivity contribution in [3.63, 3.8) is 0 Å². The van der Waals surface area contributed by atoms with Crippen LogP contribution in [0, 0.1) is 9.39 Å². The summed E-state index contributed by atoms with van der Waals surface area (Å²) in [5.41, 5.74) is 8.26. The molecule has 1 aliphatic carbocycles. The lowest BCUT2D eigenvalue weighted by atomic mass is 10.1. The molecule has 0 aromatic heterocycles. The van der Waals surface area contributed by atoms with Crippen LogP contribution < -0.4 is 5.73 Å². The topological polar surface area (TPSA) is 26.0 Å². The van der Waals surface area contributed by atoms with Crippen LogP contribution in [0.5, 0.6) is 0 Å². The zero-order valence-electron chi connectivity index (χ0n) is 6.83. The number of rotatable bonds is 0. The first-order valence-corrected chi connectivity index (χ1v) is 5.93. The summed E-state index contributed by atoms with van der Waals surface area (Å²) in [7, 11) is 0. The molecule has 1 aliphatic rings. The number of benzene rings is 1. The van der Waals surface area contributed by atoms with Crippen molar-refractivity contribution in [2.24, 2.45) is 0 Å². The quantitative estimate of drug-likeness (QED) is 0.431. The Kier molecular flexibility index (Phi) is 2.53. The molecule has 13 heavy (non-hydrogen) atoms. The molecule has 0 amide bonds. The summed E-state index contributed by atoms with van der Waals surface area (Å²) in [6.45, 7) is 0. The first-order valence-electron chi connectivity index (χ1n) is 4.06. The Morgan fingerprint density at radius 1 is 1.31 bits per heavy atom. The molecule has 0 radical (unpaired) electrons. The normalized spacial score (nSPS) is 14.7. The van der Waals surface area contributed by atoms with Crippen molar-refractivity contribution in [2.45, 2.75) is 19.3 Å². The zero-order valence-corrected chi connectivity index (χ0v) is 10.6. The van der Waals surface area contributed by atoms with E-state index in [0.29, 0.717) is 4.47 Å². The van der Waals surface area contributed by atoms with Gasteiger partial charge in [-0.05, 0) is 68.9 Å². The van der Waals surface area contributed by atoms with Gasteiger partial charge in [-0.15, -0.1) is 0 Å². The van der Waals surface area contributed by atoms with Crippen molar-refractivity contribution < 1.29 is 4.39 Å². The van der Waals surface area contributed by atoms with Crippen LogP contribution in [-0.2, 0) is 12.8 Å². The van der Waals surface area contributed by atoms with Gasteiger partial charge in [0, 0.05) is 3.57 Å². The minimum absolute atomic E-state index is 0.285. The number of nitrogens with two attached hydrogens (primary N) is 1. The minimum Gasteiger partial charge on any atom is -0.395 e. The Balaban J connectivity index is 2.77. The predicted octanol–water partition coefficient (Wildman–Crippen LogP) is 3.26. The molecule has 70 valence electrons. The van der Waals surface area contributed by atoms with E-state index in [1.54, 1.807) is 0 Å². The van der Waals surface area contributed by atoms with Gasteiger partial charge in [0.15, 0.2) is 5.82 Å². The number of anilines is 1. The summed E-state index contributed by atoms with van der Waals surface area (Å²) >= 11 is 5.38. The number of hydrogen-bond donors (Lipinski definition) is 1. The average Bonchev–Trinajstić information content (AvgIpc) is 2.59. The predicted molar refractivity (Wildman–Crippen MR) is 63.3 cm³/mol. The third-order valence-corrected chi connectivity index (χ3v) is 4.47. The molecular weight excluding hydrogens is 348 g/mol. The molecule has 0 spiro atoms. The van der Waals surface area contributed by atoms with E-state index in [4.69, 9.17) is 5.73 Å². The summed E-state index contributed by atoms with van der Waals surface area (Å²) in [4.78, 5) is 0. The fourth-order valence-electron chi connectivity index (χ4n) is 1.74. The molecule has 0 atom stereocenters. The lowest BCUT2D eigenvalue weighted by Gasteiger charge is -2.09. The number of nitrogen functional groups attached to an aromatic ring is 1. The molecule has 2 N–H and O–H groups in total. The molecule has 0 unspecified atom stereocenters. The van der Waals surface area contributed by atoms with E-state index in [1.165, 1.54) is 5.56 Å². The Morgan fingerprint density at radius 2 is 1.92 bits per heavy atom. The van der Waals surface area contributed by atoms with Crippen LogP contribution in [0.1, 0.15) is 17.5 Å². The van der Waals surface area contributed by atoms with E-state index in [1.807, 2.05) is 0 Å². The second-order valence-corrected chi connectivity index (χ2v) is 5.04. The van der Waals surface area contributed by atoms with Crippen LogP contribution in [0.2, 0.25) is 0 Å². The van der Waals surface area contributed by atoms with Crippen molar-refractivity contribution in [3.05, 3.63) is 25.0 Å². The average molecular weight is 356 g/mol. The second-order valence-electron chi connectivity index (χ2n) is 3.17. The molecule has 0 aliphatic heterocycles. The summed E-state index contributed by atoms with van der Waals surface area (Å²) in [5, 5.41) is 0. The Hall–Kier alpha value is 0.160. The standard InChI is InChI=1S/C9H8BrFIN/c10-6-4-2-1-3-5(4)8(12)9(13)7(6)11/h1-3,13H2. The van der Waals surface area contributed by atoms with E-state index in [9.17, 15) is 4.39 Å². The number of hydrogen-bond acceptors (Lipinski definition) is 1. The van der Waals surface area contributed by atoms with Gasteiger partial charge in [0.05, 0.1) is 10.2 Å². The third kappa shape index (κ3) is 1.38. The lowest BCUT2D eigenvalue weighted by Crippen LogP contribution is -2.01. The van der Waals surface area contributed by atoms with Crippen LogP contribution in [0.15, 0.2) is 4.47 Å². The summed E-state index contributed by atoms with van der Waals surface area (Å²) in [6, 6.07) is 0. The van der Waals surface area contributed by atoms with Crippen LogP contribution >= 0.6 is 38.5 Å². The highest BCUT2D eigenvalue weighted by Gasteiger charge is 2.22. The maximum absolute atomic E-state index is 13.5. The van der Waals surface area contributed by atoms with Gasteiger partial charge in [0.25, 0.3) is 0 Å². The minimum atomic E-state index is -0.301. The molecule has 4 heteroatoms. The fraction of sp³-hybridized carbons (Fsp3) is 0.333. The summed E-state index contributed by atoms with van der Waals surface area (Å²) in [5.74, 6) is -0.301. The van der Waals surface area contributed by atoms with Gasteiger partial charge in [0.2, 0.25) is 0 Å². The molecule has 0 saturated carbocycles. The molecule has 1 aromatic carbocycles. The van der Waals surface area contributed by atoms with Crippen LogP contribution in [0.4, 0.5) is 10.1 Å². The first kappa shape index (κ1) is 9.71. The Bertz CT molecular complexity index is 344. The number of halogens is 3. The summed E-state index contributed by atoms with van der Waals surface area (Å²) < 4.78 is 14.9. The molecule has 1 aromatic rings. The first-order chi connectivity index (χ1) is 6.13. The fourth-order valence-corrected chi connectivity index (χ4v) is 3.22. The van der Waals surface area contributed by atoms with Crippen molar-refractivity contribution in [1.82, 2.24) is 0 Å². The molecule has 0 bridgehead atoms. The largest absolute Gasteiger partial charge is 0.395 e. The van der Waals surface area contributed by atoms with E-state index >= 15 is 0 Å². The van der Waals surface area contributed by atoms with Crippen molar-refractivity contribution in [3.8, 4) is 0 Å². The maximum atomic E-state index is 13.5. The Labute approximate surface area is 98.2 Å². The van der Waals surface area contributed by atoms with E-state index in [2.05, 4.69) is 38.5 Å². The molecule has 0 fully saturated rings. The molecule has 2 rings (SSSR count). The molecule has 0 heterocycles. The molecule has 0 saturated heterocycles. The van der Waals surface area contributed by atoms with Crippen LogP contribution in [-0.4, -0.2) is 0 Å².